The highest BCUT2D eigenvalue weighted by Gasteiger charge is 2.29. The van der Waals surface area contributed by atoms with Crippen molar-refractivity contribution in [2.75, 3.05) is 11.9 Å². The van der Waals surface area contributed by atoms with Crippen molar-refractivity contribution in [3.63, 3.8) is 0 Å². The van der Waals surface area contributed by atoms with E-state index in [1.807, 2.05) is 85.9 Å². The highest BCUT2D eigenvalue weighted by atomic mass is 16.5. The maximum absolute atomic E-state index is 12.4. The Morgan fingerprint density at radius 3 is 2.58 bits per heavy atom. The Kier molecular flexibility index (Phi) is 4.32. The third kappa shape index (κ3) is 3.14. The molecule has 0 saturated heterocycles. The van der Waals surface area contributed by atoms with Crippen molar-refractivity contribution in [3.05, 3.63) is 95.6 Å². The van der Waals surface area contributed by atoms with E-state index in [4.69, 9.17) is 4.74 Å². The van der Waals surface area contributed by atoms with Crippen molar-refractivity contribution < 1.29 is 9.53 Å². The number of anilines is 1. The molecular formula is C22H20N2O2. The van der Waals surface area contributed by atoms with Crippen LogP contribution in [0.5, 0.6) is 5.75 Å². The first kappa shape index (κ1) is 16.2. The first-order valence-electron chi connectivity index (χ1n) is 8.62. The highest BCUT2D eigenvalue weighted by Crippen LogP contribution is 2.32. The van der Waals surface area contributed by atoms with Crippen LogP contribution in [0.3, 0.4) is 0 Å². The van der Waals surface area contributed by atoms with Gasteiger partial charge in [0.05, 0.1) is 11.3 Å². The second-order valence-electron chi connectivity index (χ2n) is 6.35. The summed E-state index contributed by atoms with van der Waals surface area (Å²) in [6.07, 6.45) is -0.224. The average molecular weight is 344 g/mol. The van der Waals surface area contributed by atoms with Crippen LogP contribution >= 0.6 is 0 Å². The number of benzene rings is 3. The van der Waals surface area contributed by atoms with Gasteiger partial charge in [0, 0.05) is 7.05 Å². The molecule has 4 heteroatoms. The van der Waals surface area contributed by atoms with Gasteiger partial charge in [-0.1, -0.05) is 54.6 Å². The Balaban J connectivity index is 1.56. The number of fused-ring (bicyclic) bond motifs is 1. The first-order valence-corrected chi connectivity index (χ1v) is 8.62. The Bertz CT molecular complexity index is 924. The minimum Gasteiger partial charge on any atom is -0.489 e. The van der Waals surface area contributed by atoms with E-state index >= 15 is 0 Å². The van der Waals surface area contributed by atoms with Crippen LogP contribution in [-0.2, 0) is 6.61 Å². The monoisotopic (exact) mass is 344 g/mol. The first-order chi connectivity index (χ1) is 12.7. The van der Waals surface area contributed by atoms with Crippen LogP contribution in [0.2, 0.25) is 0 Å². The summed E-state index contributed by atoms with van der Waals surface area (Å²) in [4.78, 5) is 14.5. The number of carbonyl (C=O) groups is 1. The molecular weight excluding hydrogens is 324 g/mol. The average Bonchev–Trinajstić information content (AvgIpc) is 2.70. The molecule has 130 valence electrons. The smallest absolute Gasteiger partial charge is 0.255 e. The lowest BCUT2D eigenvalue weighted by molar-refractivity contribution is 0.0928. The molecule has 4 nitrogen and oxygen atoms in total. The molecule has 1 atom stereocenters. The number of hydrogen-bond acceptors (Lipinski definition) is 3. The van der Waals surface area contributed by atoms with Gasteiger partial charge in [0.15, 0.2) is 0 Å². The zero-order valence-electron chi connectivity index (χ0n) is 14.6. The second-order valence-corrected chi connectivity index (χ2v) is 6.35. The molecule has 1 amide bonds. The van der Waals surface area contributed by atoms with Crippen LogP contribution < -0.4 is 15.0 Å². The summed E-state index contributed by atoms with van der Waals surface area (Å²) >= 11 is 0. The van der Waals surface area contributed by atoms with Gasteiger partial charge in [-0.05, 0) is 35.4 Å². The summed E-state index contributed by atoms with van der Waals surface area (Å²) in [5.74, 6) is 0.729. The lowest BCUT2D eigenvalue weighted by Gasteiger charge is -2.36. The molecule has 0 saturated carbocycles. The molecule has 0 bridgehead atoms. The second kappa shape index (κ2) is 6.92. The van der Waals surface area contributed by atoms with Crippen molar-refractivity contribution in [1.82, 2.24) is 5.32 Å². The summed E-state index contributed by atoms with van der Waals surface area (Å²) in [5, 5.41) is 3.07. The molecule has 1 N–H and O–H groups in total. The number of amides is 1. The van der Waals surface area contributed by atoms with Crippen LogP contribution in [0.15, 0.2) is 78.9 Å². The lowest BCUT2D eigenvalue weighted by Crippen LogP contribution is -2.44. The Morgan fingerprint density at radius 2 is 1.73 bits per heavy atom. The molecule has 1 heterocycles. The van der Waals surface area contributed by atoms with Crippen LogP contribution in [0.25, 0.3) is 0 Å². The molecule has 0 fully saturated rings. The topological polar surface area (TPSA) is 41.6 Å². The lowest BCUT2D eigenvalue weighted by atomic mass is 10.0. The van der Waals surface area contributed by atoms with Crippen LogP contribution in [0.1, 0.15) is 27.7 Å². The van der Waals surface area contributed by atoms with E-state index in [9.17, 15) is 4.79 Å². The molecule has 26 heavy (non-hydrogen) atoms. The van der Waals surface area contributed by atoms with Crippen LogP contribution in [0.4, 0.5) is 5.69 Å². The minimum atomic E-state index is -0.224. The van der Waals surface area contributed by atoms with Gasteiger partial charge in [0.25, 0.3) is 5.91 Å². The largest absolute Gasteiger partial charge is 0.489 e. The predicted octanol–water partition coefficient (Wildman–Crippen LogP) is 4.14. The fourth-order valence-electron chi connectivity index (χ4n) is 3.23. The fraction of sp³-hybridized carbons (Fsp3) is 0.136. The van der Waals surface area contributed by atoms with E-state index in [1.54, 1.807) is 0 Å². The maximum Gasteiger partial charge on any atom is 0.255 e. The van der Waals surface area contributed by atoms with Gasteiger partial charge in [-0.25, -0.2) is 0 Å². The van der Waals surface area contributed by atoms with Crippen molar-refractivity contribution in [2.24, 2.45) is 0 Å². The van der Waals surface area contributed by atoms with Gasteiger partial charge in [-0.3, -0.25) is 4.79 Å². The minimum absolute atomic E-state index is 0.0562. The molecule has 0 aliphatic carbocycles. The SMILES string of the molecule is CN1c2ccccc2C(=O)N[C@H]1c1cccc(OCc2ccccc2)c1. The molecule has 1 aliphatic rings. The van der Waals surface area contributed by atoms with E-state index < -0.39 is 0 Å². The molecule has 3 aromatic carbocycles. The van der Waals surface area contributed by atoms with Crippen LogP contribution in [0, 0.1) is 0 Å². The number of nitrogens with zero attached hydrogens (tertiary/aromatic N) is 1. The summed E-state index contributed by atoms with van der Waals surface area (Å²) in [6.45, 7) is 0.514. The quantitative estimate of drug-likeness (QED) is 0.773. The molecule has 3 aromatic rings. The number of para-hydroxylation sites is 1. The summed E-state index contributed by atoms with van der Waals surface area (Å²) in [5.41, 5.74) is 3.73. The zero-order valence-corrected chi connectivity index (χ0v) is 14.6. The van der Waals surface area contributed by atoms with Crippen molar-refractivity contribution >= 4 is 11.6 Å². The third-order valence-corrected chi connectivity index (χ3v) is 4.61. The third-order valence-electron chi connectivity index (χ3n) is 4.61. The molecule has 4 rings (SSSR count). The van der Waals surface area contributed by atoms with Gasteiger partial charge in [-0.15, -0.1) is 0 Å². The van der Waals surface area contributed by atoms with Gasteiger partial charge >= 0.3 is 0 Å². The fourth-order valence-corrected chi connectivity index (χ4v) is 3.23. The van der Waals surface area contributed by atoms with Crippen LogP contribution in [-0.4, -0.2) is 13.0 Å². The van der Waals surface area contributed by atoms with Crippen molar-refractivity contribution in [3.8, 4) is 5.75 Å². The van der Waals surface area contributed by atoms with E-state index in [1.165, 1.54) is 0 Å². The van der Waals surface area contributed by atoms with Gasteiger partial charge < -0.3 is 15.0 Å². The van der Waals surface area contributed by atoms with Crippen molar-refractivity contribution in [1.29, 1.82) is 0 Å². The summed E-state index contributed by atoms with van der Waals surface area (Å²) < 4.78 is 5.92. The Hall–Kier alpha value is -3.27. The zero-order chi connectivity index (χ0) is 17.9. The maximum atomic E-state index is 12.4. The Labute approximate surface area is 153 Å². The summed E-state index contributed by atoms with van der Waals surface area (Å²) in [6, 6.07) is 25.6. The normalized spacial score (nSPS) is 16.0. The predicted molar refractivity (Wildman–Crippen MR) is 102 cm³/mol. The van der Waals surface area contributed by atoms with Gasteiger partial charge in [-0.2, -0.15) is 0 Å². The summed E-state index contributed by atoms with van der Waals surface area (Å²) in [7, 11) is 1.99. The molecule has 0 radical (unpaired) electrons. The number of hydrogen-bond donors (Lipinski definition) is 1. The van der Waals surface area contributed by atoms with Crippen molar-refractivity contribution in [2.45, 2.75) is 12.8 Å². The number of carbonyl (C=O) groups excluding carboxylic acids is 1. The van der Waals surface area contributed by atoms with E-state index in [0.717, 1.165) is 22.6 Å². The van der Waals surface area contributed by atoms with E-state index in [-0.39, 0.29) is 12.1 Å². The molecule has 0 spiro atoms. The van der Waals surface area contributed by atoms with Gasteiger partial charge in [0.2, 0.25) is 0 Å². The van der Waals surface area contributed by atoms with E-state index in [0.29, 0.717) is 12.2 Å². The molecule has 1 aliphatic heterocycles. The molecule has 0 aromatic heterocycles. The number of nitrogens with one attached hydrogen (secondary N) is 1. The number of ether oxygens (including phenoxy) is 1. The molecule has 0 unspecified atom stereocenters. The van der Waals surface area contributed by atoms with E-state index in [2.05, 4.69) is 10.2 Å². The van der Waals surface area contributed by atoms with Gasteiger partial charge in [0.1, 0.15) is 18.5 Å². The number of rotatable bonds is 4. The standard InChI is InChI=1S/C22H20N2O2/c1-24-20-13-6-5-12-19(20)22(25)23-21(24)17-10-7-11-18(14-17)26-15-16-8-3-2-4-9-16/h2-14,21H,15H2,1H3,(H,23,25)/t21-/m1/s1. The Morgan fingerprint density at radius 1 is 0.962 bits per heavy atom. The highest BCUT2D eigenvalue weighted by molar-refractivity contribution is 6.01.